The van der Waals surface area contributed by atoms with Gasteiger partial charge >= 0.3 is 5.97 Å². The molecule has 0 radical (unpaired) electrons. The summed E-state index contributed by atoms with van der Waals surface area (Å²) < 4.78 is 13.7. The van der Waals surface area contributed by atoms with Gasteiger partial charge in [-0.2, -0.15) is 0 Å². The van der Waals surface area contributed by atoms with E-state index in [1.54, 1.807) is 12.1 Å². The maximum absolute atomic E-state index is 13.7. The SMILES string of the molecule is CC(c1ccccc1F)N(CCC(=O)O)C1CC1. The molecule has 1 aromatic carbocycles. The molecule has 0 spiro atoms. The lowest BCUT2D eigenvalue weighted by Gasteiger charge is -2.29. The van der Waals surface area contributed by atoms with Crippen LogP contribution in [0.25, 0.3) is 0 Å². The van der Waals surface area contributed by atoms with Crippen LogP contribution in [-0.2, 0) is 4.79 Å². The first-order valence-electron chi connectivity index (χ1n) is 6.31. The lowest BCUT2D eigenvalue weighted by Crippen LogP contribution is -2.32. The van der Waals surface area contributed by atoms with E-state index in [2.05, 4.69) is 4.90 Å². The zero-order valence-corrected chi connectivity index (χ0v) is 10.5. The van der Waals surface area contributed by atoms with Crippen LogP contribution in [-0.4, -0.2) is 28.6 Å². The minimum Gasteiger partial charge on any atom is -0.481 e. The number of hydrogen-bond acceptors (Lipinski definition) is 2. The lowest BCUT2D eigenvalue weighted by atomic mass is 10.1. The van der Waals surface area contributed by atoms with Crippen molar-refractivity contribution >= 4 is 5.97 Å². The molecule has 0 saturated heterocycles. The summed E-state index contributed by atoms with van der Waals surface area (Å²) in [4.78, 5) is 12.8. The second-order valence-corrected chi connectivity index (χ2v) is 4.81. The van der Waals surface area contributed by atoms with E-state index in [9.17, 15) is 9.18 Å². The van der Waals surface area contributed by atoms with Crippen molar-refractivity contribution in [3.63, 3.8) is 0 Å². The third kappa shape index (κ3) is 3.07. The molecule has 2 rings (SSSR count). The zero-order chi connectivity index (χ0) is 13.1. The van der Waals surface area contributed by atoms with Gasteiger partial charge in [-0.1, -0.05) is 18.2 Å². The Morgan fingerprint density at radius 3 is 2.72 bits per heavy atom. The number of rotatable bonds is 6. The molecular formula is C14H18FNO2. The molecule has 1 fully saturated rings. The van der Waals surface area contributed by atoms with Gasteiger partial charge in [0.15, 0.2) is 0 Å². The van der Waals surface area contributed by atoms with E-state index in [0.29, 0.717) is 18.2 Å². The van der Waals surface area contributed by atoms with Gasteiger partial charge in [0, 0.05) is 24.2 Å². The highest BCUT2D eigenvalue weighted by atomic mass is 19.1. The molecule has 0 aromatic heterocycles. The largest absolute Gasteiger partial charge is 0.481 e. The lowest BCUT2D eigenvalue weighted by molar-refractivity contribution is -0.137. The molecule has 18 heavy (non-hydrogen) atoms. The number of halogens is 1. The molecule has 1 atom stereocenters. The Kier molecular flexibility index (Phi) is 3.97. The molecule has 3 nitrogen and oxygen atoms in total. The second kappa shape index (κ2) is 5.48. The summed E-state index contributed by atoms with van der Waals surface area (Å²) >= 11 is 0. The zero-order valence-electron chi connectivity index (χ0n) is 10.5. The van der Waals surface area contributed by atoms with Crippen molar-refractivity contribution in [2.75, 3.05) is 6.54 Å². The number of hydrogen-bond donors (Lipinski definition) is 1. The van der Waals surface area contributed by atoms with Gasteiger partial charge in [-0.3, -0.25) is 9.69 Å². The molecule has 1 saturated carbocycles. The molecule has 4 heteroatoms. The van der Waals surface area contributed by atoms with Gasteiger partial charge in [0.1, 0.15) is 5.82 Å². The molecule has 1 aliphatic carbocycles. The number of carbonyl (C=O) groups is 1. The molecule has 0 aliphatic heterocycles. The van der Waals surface area contributed by atoms with Gasteiger partial charge < -0.3 is 5.11 Å². The second-order valence-electron chi connectivity index (χ2n) is 4.81. The third-order valence-corrected chi connectivity index (χ3v) is 3.45. The van der Waals surface area contributed by atoms with Crippen LogP contribution in [0.1, 0.15) is 37.8 Å². The van der Waals surface area contributed by atoms with Crippen molar-refractivity contribution in [3.05, 3.63) is 35.6 Å². The topological polar surface area (TPSA) is 40.5 Å². The van der Waals surface area contributed by atoms with Crippen molar-refractivity contribution in [2.45, 2.75) is 38.3 Å². The van der Waals surface area contributed by atoms with Crippen LogP contribution in [0.15, 0.2) is 24.3 Å². The number of carboxylic acid groups (broad SMARTS) is 1. The standard InChI is InChI=1S/C14H18FNO2/c1-10(12-4-2-3-5-13(12)15)16(11-6-7-11)9-8-14(17)18/h2-5,10-11H,6-9H2,1H3,(H,17,18). The van der Waals surface area contributed by atoms with E-state index in [1.165, 1.54) is 6.07 Å². The monoisotopic (exact) mass is 251 g/mol. The maximum Gasteiger partial charge on any atom is 0.304 e. The smallest absolute Gasteiger partial charge is 0.304 e. The molecular weight excluding hydrogens is 233 g/mol. The van der Waals surface area contributed by atoms with Gasteiger partial charge in [-0.05, 0) is 25.8 Å². The first-order chi connectivity index (χ1) is 8.59. The van der Waals surface area contributed by atoms with Crippen molar-refractivity contribution in [3.8, 4) is 0 Å². The summed E-state index contributed by atoms with van der Waals surface area (Å²) in [6.07, 6.45) is 2.27. The summed E-state index contributed by atoms with van der Waals surface area (Å²) in [6.45, 7) is 2.42. The highest BCUT2D eigenvalue weighted by Crippen LogP contribution is 2.34. The van der Waals surface area contributed by atoms with Crippen LogP contribution in [0.2, 0.25) is 0 Å². The summed E-state index contributed by atoms with van der Waals surface area (Å²) in [5.41, 5.74) is 0.648. The fourth-order valence-electron chi connectivity index (χ4n) is 2.32. The van der Waals surface area contributed by atoms with Crippen molar-refractivity contribution in [1.82, 2.24) is 4.90 Å². The average Bonchev–Trinajstić information content (AvgIpc) is 3.13. The van der Waals surface area contributed by atoms with Crippen molar-refractivity contribution < 1.29 is 14.3 Å². The first kappa shape index (κ1) is 13.0. The third-order valence-electron chi connectivity index (χ3n) is 3.45. The molecule has 1 unspecified atom stereocenters. The average molecular weight is 251 g/mol. The normalized spacial score (nSPS) is 16.8. The number of nitrogens with zero attached hydrogens (tertiary/aromatic N) is 1. The minimum absolute atomic E-state index is 0.0713. The quantitative estimate of drug-likeness (QED) is 0.845. The molecule has 0 heterocycles. The predicted molar refractivity (Wildman–Crippen MR) is 66.8 cm³/mol. The van der Waals surface area contributed by atoms with E-state index in [1.807, 2.05) is 13.0 Å². The Labute approximate surface area is 106 Å². The molecule has 1 N–H and O–H groups in total. The maximum atomic E-state index is 13.7. The Hall–Kier alpha value is -1.42. The number of carboxylic acids is 1. The Bertz CT molecular complexity index is 432. The predicted octanol–water partition coefficient (Wildman–Crippen LogP) is 2.83. The highest BCUT2D eigenvalue weighted by molar-refractivity contribution is 5.66. The van der Waals surface area contributed by atoms with Crippen LogP contribution in [0.3, 0.4) is 0 Å². The summed E-state index contributed by atoms with van der Waals surface area (Å²) in [5, 5.41) is 8.77. The van der Waals surface area contributed by atoms with E-state index < -0.39 is 5.97 Å². The number of benzene rings is 1. The van der Waals surface area contributed by atoms with Crippen molar-refractivity contribution in [2.24, 2.45) is 0 Å². The fraction of sp³-hybridized carbons (Fsp3) is 0.500. The van der Waals surface area contributed by atoms with Gasteiger partial charge in [0.05, 0.1) is 6.42 Å². The van der Waals surface area contributed by atoms with Crippen LogP contribution in [0.4, 0.5) is 4.39 Å². The van der Waals surface area contributed by atoms with Crippen LogP contribution >= 0.6 is 0 Å². The molecule has 98 valence electrons. The van der Waals surface area contributed by atoms with Crippen LogP contribution in [0, 0.1) is 5.82 Å². The fourth-order valence-corrected chi connectivity index (χ4v) is 2.32. The van der Waals surface area contributed by atoms with Gasteiger partial charge in [-0.15, -0.1) is 0 Å². The molecule has 1 aliphatic rings. The van der Waals surface area contributed by atoms with Crippen LogP contribution in [0.5, 0.6) is 0 Å². The van der Waals surface area contributed by atoms with Crippen molar-refractivity contribution in [1.29, 1.82) is 0 Å². The highest BCUT2D eigenvalue weighted by Gasteiger charge is 2.33. The number of aliphatic carboxylic acids is 1. The van der Waals surface area contributed by atoms with Gasteiger partial charge in [0.2, 0.25) is 0 Å². The first-order valence-corrected chi connectivity index (χ1v) is 6.31. The van der Waals surface area contributed by atoms with Crippen LogP contribution < -0.4 is 0 Å². The Balaban J connectivity index is 2.10. The summed E-state index contributed by atoms with van der Waals surface area (Å²) in [7, 11) is 0. The van der Waals surface area contributed by atoms with Gasteiger partial charge in [-0.25, -0.2) is 4.39 Å². The van der Waals surface area contributed by atoms with E-state index in [-0.39, 0.29) is 18.3 Å². The van der Waals surface area contributed by atoms with E-state index >= 15 is 0 Å². The van der Waals surface area contributed by atoms with E-state index in [4.69, 9.17) is 5.11 Å². The molecule has 0 amide bonds. The Morgan fingerprint density at radius 1 is 1.50 bits per heavy atom. The van der Waals surface area contributed by atoms with E-state index in [0.717, 1.165) is 12.8 Å². The molecule has 1 aromatic rings. The van der Waals surface area contributed by atoms with Gasteiger partial charge in [0.25, 0.3) is 0 Å². The Morgan fingerprint density at radius 2 is 2.17 bits per heavy atom. The summed E-state index contributed by atoms with van der Waals surface area (Å²) in [5.74, 6) is -1.02. The molecule has 0 bridgehead atoms. The summed E-state index contributed by atoms with van der Waals surface area (Å²) in [6, 6.07) is 7.06. The minimum atomic E-state index is -0.804.